The molecule has 1 heterocycles. The molecule has 0 bridgehead atoms. The number of nitrogens with two attached hydrogens (primary N) is 1. The first-order chi connectivity index (χ1) is 10.1. The molecule has 0 radical (unpaired) electrons. The quantitative estimate of drug-likeness (QED) is 0.820. The Morgan fingerprint density at radius 2 is 2.24 bits per heavy atom. The maximum absolute atomic E-state index is 6.22. The standard InChI is InChI=1S/C17H32N4/c1-4-6-15-7-5-9-17(14-18,10-8-15)20(2)12-16-11-19-21(3)13-16/h11,13,15H,4-10,12,14,18H2,1-3H3. The molecule has 0 aromatic carbocycles. The van der Waals surface area contributed by atoms with Gasteiger partial charge in [-0.25, -0.2) is 0 Å². The highest BCUT2D eigenvalue weighted by Crippen LogP contribution is 2.36. The van der Waals surface area contributed by atoms with E-state index in [9.17, 15) is 0 Å². The van der Waals surface area contributed by atoms with Crippen molar-refractivity contribution in [3.8, 4) is 0 Å². The number of aromatic nitrogens is 2. The van der Waals surface area contributed by atoms with Crippen LogP contribution in [0.5, 0.6) is 0 Å². The second-order valence-electron chi connectivity index (χ2n) is 6.89. The van der Waals surface area contributed by atoms with Gasteiger partial charge >= 0.3 is 0 Å². The van der Waals surface area contributed by atoms with Crippen molar-refractivity contribution < 1.29 is 0 Å². The van der Waals surface area contributed by atoms with Crippen LogP contribution < -0.4 is 5.73 Å². The Labute approximate surface area is 129 Å². The Hall–Kier alpha value is -0.870. The summed E-state index contributed by atoms with van der Waals surface area (Å²) in [5.74, 6) is 0.912. The van der Waals surface area contributed by atoms with Crippen LogP contribution in [0.1, 0.15) is 57.4 Å². The number of nitrogens with zero attached hydrogens (tertiary/aromatic N) is 3. The van der Waals surface area contributed by atoms with Gasteiger partial charge in [0.05, 0.1) is 6.20 Å². The fourth-order valence-corrected chi connectivity index (χ4v) is 3.90. The molecule has 1 aliphatic carbocycles. The lowest BCUT2D eigenvalue weighted by Gasteiger charge is -2.41. The first kappa shape index (κ1) is 16.5. The van der Waals surface area contributed by atoms with E-state index in [0.717, 1.165) is 19.0 Å². The molecule has 2 rings (SSSR count). The molecule has 1 aromatic rings. The van der Waals surface area contributed by atoms with E-state index in [2.05, 4.69) is 30.2 Å². The van der Waals surface area contributed by atoms with Crippen molar-refractivity contribution in [2.45, 2.75) is 64.0 Å². The number of likely N-dealkylation sites (N-methyl/N-ethyl adjacent to an activating group) is 1. The van der Waals surface area contributed by atoms with E-state index in [0.29, 0.717) is 0 Å². The SMILES string of the molecule is CCCC1CCCC(CN)(N(C)Cc2cnn(C)c2)CC1. The van der Waals surface area contributed by atoms with Crippen molar-refractivity contribution in [3.63, 3.8) is 0 Å². The van der Waals surface area contributed by atoms with Gasteiger partial charge in [-0.1, -0.05) is 32.6 Å². The van der Waals surface area contributed by atoms with Crippen LogP contribution in [0.3, 0.4) is 0 Å². The second kappa shape index (κ2) is 7.41. The fourth-order valence-electron chi connectivity index (χ4n) is 3.90. The summed E-state index contributed by atoms with van der Waals surface area (Å²) in [6, 6.07) is 0. The van der Waals surface area contributed by atoms with E-state index in [1.165, 1.54) is 50.5 Å². The molecular formula is C17H32N4. The van der Waals surface area contributed by atoms with Gasteiger partial charge in [-0.2, -0.15) is 5.10 Å². The second-order valence-corrected chi connectivity index (χ2v) is 6.89. The van der Waals surface area contributed by atoms with E-state index < -0.39 is 0 Å². The summed E-state index contributed by atoms with van der Waals surface area (Å²) in [5.41, 5.74) is 7.68. The number of rotatable bonds is 6. The lowest BCUT2D eigenvalue weighted by Crippen LogP contribution is -2.51. The first-order valence-electron chi connectivity index (χ1n) is 8.48. The van der Waals surface area contributed by atoms with Gasteiger partial charge < -0.3 is 5.73 Å². The molecule has 1 aromatic heterocycles. The molecule has 0 saturated heterocycles. The first-order valence-corrected chi connectivity index (χ1v) is 8.48. The van der Waals surface area contributed by atoms with Gasteiger partial charge in [-0.15, -0.1) is 0 Å². The van der Waals surface area contributed by atoms with Crippen molar-refractivity contribution in [3.05, 3.63) is 18.0 Å². The highest BCUT2D eigenvalue weighted by Gasteiger charge is 2.35. The van der Waals surface area contributed by atoms with E-state index in [-0.39, 0.29) is 5.54 Å². The van der Waals surface area contributed by atoms with E-state index >= 15 is 0 Å². The van der Waals surface area contributed by atoms with Gasteiger partial charge in [0, 0.05) is 37.4 Å². The monoisotopic (exact) mass is 292 g/mol. The zero-order valence-electron chi connectivity index (χ0n) is 14.0. The average molecular weight is 292 g/mol. The summed E-state index contributed by atoms with van der Waals surface area (Å²) in [6.07, 6.45) is 13.3. The largest absolute Gasteiger partial charge is 0.329 e. The molecule has 21 heavy (non-hydrogen) atoms. The Morgan fingerprint density at radius 1 is 1.43 bits per heavy atom. The maximum Gasteiger partial charge on any atom is 0.0534 e. The van der Waals surface area contributed by atoms with Crippen LogP contribution in [0.4, 0.5) is 0 Å². The van der Waals surface area contributed by atoms with Gasteiger partial charge in [-0.05, 0) is 32.2 Å². The molecule has 120 valence electrons. The molecule has 2 N–H and O–H groups in total. The maximum atomic E-state index is 6.22. The Balaban J connectivity index is 2.02. The van der Waals surface area contributed by atoms with Crippen LogP contribution in [0.25, 0.3) is 0 Å². The predicted molar refractivity (Wildman–Crippen MR) is 87.9 cm³/mol. The molecule has 0 spiro atoms. The van der Waals surface area contributed by atoms with Crippen LogP contribution in [0.2, 0.25) is 0 Å². The summed E-state index contributed by atoms with van der Waals surface area (Å²) in [6.45, 7) is 4.02. The summed E-state index contributed by atoms with van der Waals surface area (Å²) >= 11 is 0. The zero-order valence-corrected chi connectivity index (χ0v) is 14.0. The minimum absolute atomic E-state index is 0.179. The Morgan fingerprint density at radius 3 is 2.86 bits per heavy atom. The third-order valence-electron chi connectivity index (χ3n) is 5.34. The van der Waals surface area contributed by atoms with E-state index in [1.54, 1.807) is 0 Å². The molecule has 4 heteroatoms. The molecule has 1 aliphatic rings. The normalized spacial score (nSPS) is 27.0. The number of hydrogen-bond donors (Lipinski definition) is 1. The molecule has 0 aliphatic heterocycles. The smallest absolute Gasteiger partial charge is 0.0534 e. The summed E-state index contributed by atoms with van der Waals surface area (Å²) in [7, 11) is 4.21. The highest BCUT2D eigenvalue weighted by atomic mass is 15.2. The van der Waals surface area contributed by atoms with Crippen molar-refractivity contribution >= 4 is 0 Å². The van der Waals surface area contributed by atoms with Gasteiger partial charge in [0.15, 0.2) is 0 Å². The lowest BCUT2D eigenvalue weighted by atomic mass is 9.87. The van der Waals surface area contributed by atoms with Gasteiger partial charge in [0.2, 0.25) is 0 Å². The third kappa shape index (κ3) is 4.07. The summed E-state index contributed by atoms with van der Waals surface area (Å²) < 4.78 is 1.88. The van der Waals surface area contributed by atoms with Gasteiger partial charge in [0.25, 0.3) is 0 Å². The predicted octanol–water partition coefficient (Wildman–Crippen LogP) is 2.93. The highest BCUT2D eigenvalue weighted by molar-refractivity contribution is 5.05. The van der Waals surface area contributed by atoms with Crippen LogP contribution in [0.15, 0.2) is 12.4 Å². The van der Waals surface area contributed by atoms with Crippen LogP contribution >= 0.6 is 0 Å². The lowest BCUT2D eigenvalue weighted by molar-refractivity contribution is 0.0982. The molecule has 0 amide bonds. The van der Waals surface area contributed by atoms with Crippen LogP contribution in [-0.2, 0) is 13.6 Å². The van der Waals surface area contributed by atoms with Crippen molar-refractivity contribution in [1.29, 1.82) is 0 Å². The van der Waals surface area contributed by atoms with Crippen molar-refractivity contribution in [2.75, 3.05) is 13.6 Å². The Bertz CT molecular complexity index is 428. The zero-order chi connectivity index (χ0) is 15.3. The Kier molecular flexibility index (Phi) is 5.82. The minimum atomic E-state index is 0.179. The summed E-state index contributed by atoms with van der Waals surface area (Å²) in [4.78, 5) is 2.48. The summed E-state index contributed by atoms with van der Waals surface area (Å²) in [5, 5.41) is 4.28. The molecular weight excluding hydrogens is 260 g/mol. The van der Waals surface area contributed by atoms with Gasteiger partial charge in [0.1, 0.15) is 0 Å². The van der Waals surface area contributed by atoms with Crippen LogP contribution in [0, 0.1) is 5.92 Å². The topological polar surface area (TPSA) is 47.1 Å². The van der Waals surface area contributed by atoms with Crippen molar-refractivity contribution in [1.82, 2.24) is 14.7 Å². The van der Waals surface area contributed by atoms with Gasteiger partial charge in [-0.3, -0.25) is 9.58 Å². The van der Waals surface area contributed by atoms with Crippen molar-refractivity contribution in [2.24, 2.45) is 18.7 Å². The molecule has 1 fully saturated rings. The molecule has 1 saturated carbocycles. The number of hydrogen-bond acceptors (Lipinski definition) is 3. The third-order valence-corrected chi connectivity index (χ3v) is 5.34. The average Bonchev–Trinajstić information content (AvgIpc) is 2.75. The molecule has 4 nitrogen and oxygen atoms in total. The number of aryl methyl sites for hydroxylation is 1. The molecule has 2 atom stereocenters. The minimum Gasteiger partial charge on any atom is -0.329 e. The van der Waals surface area contributed by atoms with E-state index in [1.807, 2.05) is 17.9 Å². The van der Waals surface area contributed by atoms with E-state index in [4.69, 9.17) is 5.73 Å². The molecule has 2 unspecified atom stereocenters. The van der Waals surface area contributed by atoms with Crippen LogP contribution in [-0.4, -0.2) is 33.8 Å². The fraction of sp³-hybridized carbons (Fsp3) is 0.824.